The summed E-state index contributed by atoms with van der Waals surface area (Å²) >= 11 is 0. The third-order valence-electron chi connectivity index (χ3n) is 2.92. The maximum absolute atomic E-state index is 13.7. The average molecular weight is 309 g/mol. The third-order valence-corrected chi connectivity index (χ3v) is 4.16. The molecule has 2 aromatic carbocycles. The van der Waals surface area contributed by atoms with Crippen molar-refractivity contribution in [3.05, 3.63) is 65.0 Å². The van der Waals surface area contributed by atoms with E-state index in [0.29, 0.717) is 16.7 Å². The fraction of sp³-hybridized carbons (Fsp3) is 0.200. The average Bonchev–Trinajstić information content (AvgIpc) is 2.41. The van der Waals surface area contributed by atoms with Crippen LogP contribution in [0.4, 0.5) is 10.1 Å². The molecular weight excluding hydrogens is 293 g/mol. The maximum atomic E-state index is 13.7. The second kappa shape index (κ2) is 6.24. The molecule has 0 fully saturated rings. The first kappa shape index (κ1) is 15.5. The Morgan fingerprint density at radius 1 is 1.14 bits per heavy atom. The zero-order chi connectivity index (χ0) is 15.5. The smallest absolute Gasteiger partial charge is 0.237 e. The van der Waals surface area contributed by atoms with Crippen LogP contribution in [0.25, 0.3) is 0 Å². The molecule has 0 bridgehead atoms. The summed E-state index contributed by atoms with van der Waals surface area (Å²) in [6.07, 6.45) is 0. The van der Waals surface area contributed by atoms with Crippen LogP contribution in [0, 0.1) is 12.7 Å². The lowest BCUT2D eigenvalue weighted by Gasteiger charge is -2.10. The van der Waals surface area contributed by atoms with Gasteiger partial charge in [-0.1, -0.05) is 30.3 Å². The Hall–Kier alpha value is -1.92. The summed E-state index contributed by atoms with van der Waals surface area (Å²) in [5.74, 6) is -0.892. The predicted molar refractivity (Wildman–Crippen MR) is 79.7 cm³/mol. The fourth-order valence-corrected chi connectivity index (χ4v) is 3.13. The van der Waals surface area contributed by atoms with E-state index in [1.54, 1.807) is 37.3 Å². The van der Waals surface area contributed by atoms with Crippen LogP contribution in [0.3, 0.4) is 0 Å². The minimum atomic E-state index is -3.72. The van der Waals surface area contributed by atoms with E-state index in [9.17, 15) is 12.8 Å². The molecule has 0 heterocycles. The van der Waals surface area contributed by atoms with Crippen LogP contribution in [0.15, 0.2) is 42.5 Å². The van der Waals surface area contributed by atoms with Gasteiger partial charge in [0.15, 0.2) is 0 Å². The summed E-state index contributed by atoms with van der Waals surface area (Å²) in [5.41, 5.74) is 1.80. The molecule has 21 heavy (non-hydrogen) atoms. The highest BCUT2D eigenvalue weighted by Crippen LogP contribution is 2.18. The van der Waals surface area contributed by atoms with Gasteiger partial charge in [0.25, 0.3) is 0 Å². The van der Waals surface area contributed by atoms with Crippen LogP contribution in [0.5, 0.6) is 0 Å². The van der Waals surface area contributed by atoms with Gasteiger partial charge in [-0.05, 0) is 35.7 Å². The molecule has 0 atom stereocenters. The predicted octanol–water partition coefficient (Wildman–Crippen LogP) is 2.57. The maximum Gasteiger partial charge on any atom is 0.237 e. The monoisotopic (exact) mass is 309 g/mol. The molecule has 112 valence electrons. The molecule has 0 aliphatic rings. The lowest BCUT2D eigenvalue weighted by atomic mass is 10.1. The highest BCUT2D eigenvalue weighted by atomic mass is 32.2. The molecule has 4 nitrogen and oxygen atoms in total. The number of aliphatic hydroxyl groups excluding tert-OH is 1. The number of hydrogen-bond donors (Lipinski definition) is 2. The molecule has 0 aromatic heterocycles. The first-order valence-corrected chi connectivity index (χ1v) is 8.00. The van der Waals surface area contributed by atoms with Crippen LogP contribution >= 0.6 is 0 Å². The summed E-state index contributed by atoms with van der Waals surface area (Å²) < 4.78 is 40.0. The molecule has 6 heteroatoms. The molecule has 0 saturated carbocycles. The SMILES string of the molecule is Cc1ccc(NS(=O)(=O)Cc2cccc(CO)c2)c(F)c1. The van der Waals surface area contributed by atoms with E-state index in [0.717, 1.165) is 0 Å². The van der Waals surface area contributed by atoms with Crippen molar-refractivity contribution in [2.45, 2.75) is 19.3 Å². The van der Waals surface area contributed by atoms with Gasteiger partial charge in [-0.15, -0.1) is 0 Å². The normalized spacial score (nSPS) is 11.4. The zero-order valence-corrected chi connectivity index (χ0v) is 12.3. The quantitative estimate of drug-likeness (QED) is 0.892. The van der Waals surface area contributed by atoms with Gasteiger partial charge in [0.05, 0.1) is 18.0 Å². The van der Waals surface area contributed by atoms with Crippen molar-refractivity contribution in [1.82, 2.24) is 0 Å². The second-order valence-corrected chi connectivity index (χ2v) is 6.54. The van der Waals surface area contributed by atoms with Crippen LogP contribution < -0.4 is 4.72 Å². The van der Waals surface area contributed by atoms with Crippen LogP contribution in [-0.4, -0.2) is 13.5 Å². The Morgan fingerprint density at radius 2 is 1.86 bits per heavy atom. The molecule has 0 aliphatic heterocycles. The number of aliphatic hydroxyl groups is 1. The van der Waals surface area contributed by atoms with E-state index >= 15 is 0 Å². The van der Waals surface area contributed by atoms with Crippen molar-refractivity contribution >= 4 is 15.7 Å². The van der Waals surface area contributed by atoms with Crippen molar-refractivity contribution in [3.8, 4) is 0 Å². The largest absolute Gasteiger partial charge is 0.392 e. The first-order chi connectivity index (χ1) is 9.89. The van der Waals surface area contributed by atoms with Gasteiger partial charge in [-0.3, -0.25) is 4.72 Å². The number of aryl methyl sites for hydroxylation is 1. The molecule has 0 aliphatic carbocycles. The van der Waals surface area contributed by atoms with E-state index < -0.39 is 15.8 Å². The zero-order valence-electron chi connectivity index (χ0n) is 11.5. The van der Waals surface area contributed by atoms with E-state index in [2.05, 4.69) is 4.72 Å². The Morgan fingerprint density at radius 3 is 2.52 bits per heavy atom. The van der Waals surface area contributed by atoms with Crippen molar-refractivity contribution in [2.24, 2.45) is 0 Å². The van der Waals surface area contributed by atoms with Crippen LogP contribution in [0.1, 0.15) is 16.7 Å². The number of nitrogens with one attached hydrogen (secondary N) is 1. The summed E-state index contributed by atoms with van der Waals surface area (Å²) in [6.45, 7) is 1.57. The topological polar surface area (TPSA) is 66.4 Å². The molecule has 0 unspecified atom stereocenters. The van der Waals surface area contributed by atoms with Gasteiger partial charge in [0, 0.05) is 0 Å². The van der Waals surface area contributed by atoms with E-state index in [1.807, 2.05) is 0 Å². The van der Waals surface area contributed by atoms with Crippen molar-refractivity contribution in [1.29, 1.82) is 0 Å². The highest BCUT2D eigenvalue weighted by Gasteiger charge is 2.14. The van der Waals surface area contributed by atoms with Gasteiger partial charge in [0.2, 0.25) is 10.0 Å². The van der Waals surface area contributed by atoms with Gasteiger partial charge in [-0.25, -0.2) is 12.8 Å². The highest BCUT2D eigenvalue weighted by molar-refractivity contribution is 7.91. The summed E-state index contributed by atoms with van der Waals surface area (Å²) in [6, 6.07) is 10.9. The van der Waals surface area contributed by atoms with Gasteiger partial charge >= 0.3 is 0 Å². The summed E-state index contributed by atoms with van der Waals surface area (Å²) in [4.78, 5) is 0. The number of anilines is 1. The first-order valence-electron chi connectivity index (χ1n) is 6.35. The summed E-state index contributed by atoms with van der Waals surface area (Å²) in [7, 11) is -3.72. The standard InChI is InChI=1S/C15H16FNO3S/c1-11-5-6-15(14(16)7-11)17-21(19,20)10-13-4-2-3-12(8-13)9-18/h2-8,17-18H,9-10H2,1H3. The number of hydrogen-bond acceptors (Lipinski definition) is 3. The fourth-order valence-electron chi connectivity index (χ4n) is 1.94. The molecule has 0 amide bonds. The second-order valence-electron chi connectivity index (χ2n) is 4.82. The number of halogens is 1. The van der Waals surface area contributed by atoms with Gasteiger partial charge in [-0.2, -0.15) is 0 Å². The van der Waals surface area contributed by atoms with E-state index in [1.165, 1.54) is 12.1 Å². The molecule has 0 spiro atoms. The molecule has 0 saturated heterocycles. The van der Waals surface area contributed by atoms with E-state index in [-0.39, 0.29) is 18.0 Å². The Bertz CT molecular complexity index is 744. The van der Waals surface area contributed by atoms with Gasteiger partial charge < -0.3 is 5.11 Å². The van der Waals surface area contributed by atoms with Crippen molar-refractivity contribution in [3.63, 3.8) is 0 Å². The Labute approximate surface area is 123 Å². The van der Waals surface area contributed by atoms with E-state index in [4.69, 9.17) is 5.11 Å². The summed E-state index contributed by atoms with van der Waals surface area (Å²) in [5, 5.41) is 9.04. The minimum absolute atomic E-state index is 0.0705. The molecule has 2 N–H and O–H groups in total. The molecule has 2 rings (SSSR count). The minimum Gasteiger partial charge on any atom is -0.392 e. The Balaban J connectivity index is 2.18. The number of rotatable bonds is 5. The number of sulfonamides is 1. The lowest BCUT2D eigenvalue weighted by Crippen LogP contribution is -2.16. The van der Waals surface area contributed by atoms with Crippen LogP contribution in [0.2, 0.25) is 0 Å². The van der Waals surface area contributed by atoms with Crippen molar-refractivity contribution < 1.29 is 17.9 Å². The Kier molecular flexibility index (Phi) is 4.59. The third kappa shape index (κ3) is 4.27. The molecular formula is C15H16FNO3S. The van der Waals surface area contributed by atoms with Crippen molar-refractivity contribution in [2.75, 3.05) is 4.72 Å². The lowest BCUT2D eigenvalue weighted by molar-refractivity contribution is 0.282. The molecule has 2 aromatic rings. The number of benzene rings is 2. The van der Waals surface area contributed by atoms with Gasteiger partial charge in [0.1, 0.15) is 5.82 Å². The molecule has 0 radical (unpaired) electrons. The van der Waals surface area contributed by atoms with Crippen LogP contribution in [-0.2, 0) is 22.4 Å².